The maximum atomic E-state index is 14.2. The van der Waals surface area contributed by atoms with E-state index in [0.29, 0.717) is 22.5 Å². The van der Waals surface area contributed by atoms with Crippen LogP contribution < -0.4 is 9.64 Å². The number of amides is 1. The van der Waals surface area contributed by atoms with Gasteiger partial charge in [-0.1, -0.05) is 23.5 Å². The molecule has 198 valence electrons. The van der Waals surface area contributed by atoms with Crippen LogP contribution >= 0.6 is 11.3 Å². The van der Waals surface area contributed by atoms with Gasteiger partial charge in [0, 0.05) is 37.5 Å². The van der Waals surface area contributed by atoms with Crippen molar-refractivity contribution in [2.75, 3.05) is 25.1 Å². The summed E-state index contributed by atoms with van der Waals surface area (Å²) in [5.41, 5.74) is 1.47. The molecule has 0 atom stereocenters. The van der Waals surface area contributed by atoms with E-state index < -0.39 is 32.5 Å². The molecule has 0 aliphatic carbocycles. The number of sulfonamides is 1. The van der Waals surface area contributed by atoms with Crippen LogP contribution in [-0.4, -0.2) is 48.8 Å². The fourth-order valence-electron chi connectivity index (χ4n) is 4.49. The van der Waals surface area contributed by atoms with E-state index in [9.17, 15) is 22.0 Å². The lowest BCUT2D eigenvalue weighted by Gasteiger charge is -2.33. The van der Waals surface area contributed by atoms with Gasteiger partial charge < -0.3 is 4.74 Å². The number of nitrogens with zero attached hydrogens (tertiary/aromatic N) is 4. The van der Waals surface area contributed by atoms with Crippen molar-refractivity contribution in [3.05, 3.63) is 78.1 Å². The van der Waals surface area contributed by atoms with Gasteiger partial charge in [-0.05, 0) is 48.7 Å². The maximum Gasteiger partial charge on any atom is 0.245 e. The Balaban J connectivity index is 1.39. The lowest BCUT2D eigenvalue weighted by Crippen LogP contribution is -2.44. The van der Waals surface area contributed by atoms with Crippen molar-refractivity contribution in [2.45, 2.75) is 24.3 Å². The molecule has 3 heterocycles. The number of piperidine rings is 1. The van der Waals surface area contributed by atoms with Gasteiger partial charge in [0.2, 0.25) is 15.9 Å². The highest BCUT2D eigenvalue weighted by atomic mass is 32.2. The molecule has 1 amide bonds. The molecule has 1 saturated heterocycles. The zero-order valence-corrected chi connectivity index (χ0v) is 22.0. The normalized spacial score (nSPS) is 15.0. The highest BCUT2D eigenvalue weighted by Crippen LogP contribution is 2.36. The molecule has 38 heavy (non-hydrogen) atoms. The minimum atomic E-state index is -4.17. The Bertz CT molecular complexity index is 1570. The molecule has 1 aliphatic heterocycles. The average Bonchev–Trinajstić information content (AvgIpc) is 3.36. The molecule has 1 fully saturated rings. The molecule has 5 rings (SSSR count). The van der Waals surface area contributed by atoms with Gasteiger partial charge in [0.25, 0.3) is 0 Å². The third-order valence-corrected chi connectivity index (χ3v) is 9.44. The van der Waals surface area contributed by atoms with Crippen LogP contribution in [0.5, 0.6) is 5.75 Å². The van der Waals surface area contributed by atoms with E-state index in [0.717, 1.165) is 26.7 Å². The summed E-state index contributed by atoms with van der Waals surface area (Å²) in [5, 5.41) is 0.502. The fraction of sp³-hybridized carbons (Fsp3) is 0.269. The van der Waals surface area contributed by atoms with Gasteiger partial charge in [-0.2, -0.15) is 4.31 Å². The van der Waals surface area contributed by atoms with Gasteiger partial charge >= 0.3 is 0 Å². The van der Waals surface area contributed by atoms with Crippen molar-refractivity contribution in [3.8, 4) is 5.75 Å². The Morgan fingerprint density at radius 3 is 2.63 bits per heavy atom. The Morgan fingerprint density at radius 2 is 1.95 bits per heavy atom. The van der Waals surface area contributed by atoms with Crippen LogP contribution in [0.25, 0.3) is 10.2 Å². The Kier molecular flexibility index (Phi) is 7.37. The third-order valence-electron chi connectivity index (χ3n) is 6.47. The van der Waals surface area contributed by atoms with Crippen molar-refractivity contribution < 1.29 is 26.7 Å². The monoisotopic (exact) mass is 558 g/mol. The second kappa shape index (κ2) is 10.7. The van der Waals surface area contributed by atoms with Gasteiger partial charge in [0.05, 0.1) is 18.4 Å². The first kappa shape index (κ1) is 26.1. The number of carbonyl (C=O) groups excluding carboxylic acids is 1. The Labute approximate surface area is 222 Å². The molecule has 0 N–H and O–H groups in total. The highest BCUT2D eigenvalue weighted by Gasteiger charge is 2.36. The molecule has 0 unspecified atom stereocenters. The number of pyridine rings is 1. The molecule has 0 radical (unpaired) electrons. The fourth-order valence-corrected chi connectivity index (χ4v) is 7.00. The smallest absolute Gasteiger partial charge is 0.245 e. The topological polar surface area (TPSA) is 92.7 Å². The summed E-state index contributed by atoms with van der Waals surface area (Å²) in [6.07, 6.45) is 3.83. The summed E-state index contributed by atoms with van der Waals surface area (Å²) in [4.78, 5) is 23.7. The number of methoxy groups -OCH3 is 1. The second-order valence-corrected chi connectivity index (χ2v) is 11.8. The molecular weight excluding hydrogens is 534 g/mol. The number of anilines is 1. The maximum absolute atomic E-state index is 14.2. The largest absolute Gasteiger partial charge is 0.494 e. The summed E-state index contributed by atoms with van der Waals surface area (Å²) in [5.74, 6) is -2.05. The summed E-state index contributed by atoms with van der Waals surface area (Å²) in [6, 6.07) is 11.6. The van der Waals surface area contributed by atoms with E-state index in [1.807, 2.05) is 18.2 Å². The van der Waals surface area contributed by atoms with Crippen LogP contribution in [0.1, 0.15) is 18.4 Å². The van der Waals surface area contributed by atoms with Gasteiger partial charge in [-0.3, -0.25) is 14.7 Å². The van der Waals surface area contributed by atoms with Crippen molar-refractivity contribution in [2.24, 2.45) is 5.92 Å². The number of fused-ring (bicyclic) bond motifs is 1. The Morgan fingerprint density at radius 1 is 1.16 bits per heavy atom. The summed E-state index contributed by atoms with van der Waals surface area (Å²) in [7, 11) is -2.61. The quantitative estimate of drug-likeness (QED) is 0.329. The van der Waals surface area contributed by atoms with Crippen LogP contribution in [-0.2, 0) is 21.4 Å². The Hall–Kier alpha value is -3.48. The molecule has 4 aromatic rings. The number of para-hydroxylation sites is 1. The SMILES string of the molecule is COc1cccc2sc(N(Cc3cccnc3)C(=O)C3CCN(S(=O)(=O)c4ccc(F)cc4F)CC3)nc12. The molecule has 2 aromatic carbocycles. The molecular formula is C26H24F2N4O4S2. The van der Waals surface area contributed by atoms with Gasteiger partial charge in [-0.15, -0.1) is 0 Å². The number of aromatic nitrogens is 2. The van der Waals surface area contributed by atoms with E-state index >= 15 is 0 Å². The third kappa shape index (κ3) is 5.11. The van der Waals surface area contributed by atoms with Crippen molar-refractivity contribution in [1.29, 1.82) is 0 Å². The standard InChI is InChI=1S/C26H24F2N4O4S2/c1-36-21-5-2-6-22-24(21)30-26(37-22)32(16-17-4-3-11-29-15-17)25(33)18-9-12-31(13-10-18)38(34,35)23-8-7-19(27)14-20(23)28/h2-8,11,14-15,18H,9-10,12-13,16H2,1H3. The minimum Gasteiger partial charge on any atom is -0.494 e. The molecule has 0 saturated carbocycles. The van der Waals surface area contributed by atoms with Gasteiger partial charge in [0.1, 0.15) is 27.8 Å². The van der Waals surface area contributed by atoms with Crippen LogP contribution in [0, 0.1) is 17.6 Å². The molecule has 0 spiro atoms. The van der Waals surface area contributed by atoms with Crippen molar-refractivity contribution in [3.63, 3.8) is 0 Å². The number of carbonyl (C=O) groups is 1. The van der Waals surface area contributed by atoms with Crippen LogP contribution in [0.2, 0.25) is 0 Å². The summed E-state index contributed by atoms with van der Waals surface area (Å²) in [6.45, 7) is 0.308. The number of hydrogen-bond acceptors (Lipinski definition) is 7. The van der Waals surface area contributed by atoms with Crippen molar-refractivity contribution in [1.82, 2.24) is 14.3 Å². The first-order chi connectivity index (χ1) is 18.3. The van der Waals surface area contributed by atoms with Gasteiger partial charge in [0.15, 0.2) is 5.13 Å². The predicted molar refractivity (Wildman–Crippen MR) is 139 cm³/mol. The minimum absolute atomic E-state index is 0.0317. The number of benzene rings is 2. The summed E-state index contributed by atoms with van der Waals surface area (Å²) < 4.78 is 60.9. The van der Waals surface area contributed by atoms with E-state index in [4.69, 9.17) is 9.72 Å². The second-order valence-electron chi connectivity index (χ2n) is 8.84. The van der Waals surface area contributed by atoms with E-state index in [-0.39, 0.29) is 38.4 Å². The zero-order chi connectivity index (χ0) is 26.9. The number of thiazole rings is 1. The van der Waals surface area contributed by atoms with Crippen LogP contribution in [0.15, 0.2) is 65.8 Å². The average molecular weight is 559 g/mol. The van der Waals surface area contributed by atoms with E-state index in [1.165, 1.54) is 11.3 Å². The summed E-state index contributed by atoms with van der Waals surface area (Å²) >= 11 is 1.37. The highest BCUT2D eigenvalue weighted by molar-refractivity contribution is 7.89. The number of rotatable bonds is 7. The first-order valence-corrected chi connectivity index (χ1v) is 14.1. The number of halogens is 2. The number of ether oxygens (including phenoxy) is 1. The zero-order valence-electron chi connectivity index (χ0n) is 20.4. The lowest BCUT2D eigenvalue weighted by molar-refractivity contribution is -0.123. The molecule has 0 bridgehead atoms. The molecule has 1 aliphatic rings. The van der Waals surface area contributed by atoms with Crippen molar-refractivity contribution >= 4 is 42.6 Å². The lowest BCUT2D eigenvalue weighted by atomic mass is 9.96. The van der Waals surface area contributed by atoms with Gasteiger partial charge in [-0.25, -0.2) is 22.2 Å². The predicted octanol–water partition coefficient (Wildman–Crippen LogP) is 4.61. The molecule has 12 heteroatoms. The first-order valence-electron chi connectivity index (χ1n) is 11.9. The number of hydrogen-bond donors (Lipinski definition) is 0. The molecule has 8 nitrogen and oxygen atoms in total. The van der Waals surface area contributed by atoms with E-state index in [2.05, 4.69) is 4.98 Å². The van der Waals surface area contributed by atoms with E-state index in [1.54, 1.807) is 36.5 Å². The van der Waals surface area contributed by atoms with Crippen LogP contribution in [0.4, 0.5) is 13.9 Å². The molecule has 2 aromatic heterocycles. The van der Waals surface area contributed by atoms with Crippen LogP contribution in [0.3, 0.4) is 0 Å².